The molecule has 0 aromatic rings. The van der Waals surface area contributed by atoms with E-state index in [-0.39, 0.29) is 0 Å². The van der Waals surface area contributed by atoms with Crippen LogP contribution in [0.1, 0.15) is 0 Å². The van der Waals surface area contributed by atoms with Gasteiger partial charge in [-0.15, -0.1) is 11.8 Å². The fraction of sp³-hybridized carbons (Fsp3) is 0.143. The fourth-order valence-electron chi connectivity index (χ4n) is 0.867. The van der Waals surface area contributed by atoms with E-state index >= 15 is 0 Å². The highest BCUT2D eigenvalue weighted by Crippen LogP contribution is 2.34. The lowest BCUT2D eigenvalue weighted by atomic mass is 10.3. The van der Waals surface area contributed by atoms with Crippen molar-refractivity contribution < 1.29 is 0 Å². The summed E-state index contributed by atoms with van der Waals surface area (Å²) in [5.74, 6) is 1.14. The SMILES string of the molecule is [C]1=C2SCC=C2C=C1. The first-order valence-electron chi connectivity index (χ1n) is 2.60. The third-order valence-corrected chi connectivity index (χ3v) is 2.25. The molecule has 0 aromatic heterocycles. The van der Waals surface area contributed by atoms with Crippen LogP contribution in [0.5, 0.6) is 0 Å². The van der Waals surface area contributed by atoms with Crippen molar-refractivity contribution >= 4 is 11.8 Å². The molecule has 0 atom stereocenters. The minimum Gasteiger partial charge on any atom is -0.121 e. The predicted molar refractivity (Wildman–Crippen MR) is 36.4 cm³/mol. The molecule has 0 nitrogen and oxygen atoms in total. The summed E-state index contributed by atoms with van der Waals surface area (Å²) in [6.45, 7) is 0. The highest BCUT2D eigenvalue weighted by atomic mass is 32.2. The number of hydrogen-bond acceptors (Lipinski definition) is 1. The molecular weight excluding hydrogens is 116 g/mol. The number of hydrogen-bond donors (Lipinski definition) is 0. The molecule has 8 heavy (non-hydrogen) atoms. The number of rotatable bonds is 0. The second kappa shape index (κ2) is 1.52. The van der Waals surface area contributed by atoms with Crippen LogP contribution in [0, 0.1) is 6.08 Å². The van der Waals surface area contributed by atoms with Crippen molar-refractivity contribution in [3.8, 4) is 0 Å². The molecule has 1 heteroatoms. The summed E-state index contributed by atoms with van der Waals surface area (Å²) in [5, 5.41) is 0. The largest absolute Gasteiger partial charge is 0.121 e. The predicted octanol–water partition coefficient (Wildman–Crippen LogP) is 1.92. The Kier molecular flexibility index (Phi) is 0.847. The molecule has 0 bridgehead atoms. The molecule has 0 saturated heterocycles. The first-order chi connectivity index (χ1) is 3.97. The molecule has 0 amide bonds. The summed E-state index contributed by atoms with van der Waals surface area (Å²) in [7, 11) is 0. The Labute approximate surface area is 53.0 Å². The average molecular weight is 121 g/mol. The van der Waals surface area contributed by atoms with Crippen LogP contribution in [-0.2, 0) is 0 Å². The monoisotopic (exact) mass is 121 g/mol. The standard InChI is InChI=1S/C7H5S/c1-2-6-4-5-8-7(6)3-1/h1-2,4H,5H2. The van der Waals surface area contributed by atoms with Crippen LogP contribution in [0.3, 0.4) is 0 Å². The van der Waals surface area contributed by atoms with Gasteiger partial charge in [-0.25, -0.2) is 0 Å². The van der Waals surface area contributed by atoms with E-state index in [1.54, 1.807) is 0 Å². The van der Waals surface area contributed by atoms with Gasteiger partial charge in [0.2, 0.25) is 0 Å². The molecule has 1 heterocycles. The molecule has 0 spiro atoms. The minimum absolute atomic E-state index is 1.14. The van der Waals surface area contributed by atoms with Crippen LogP contribution in [0.25, 0.3) is 0 Å². The molecule has 1 aliphatic heterocycles. The van der Waals surface area contributed by atoms with Crippen molar-refractivity contribution in [1.82, 2.24) is 0 Å². The first kappa shape index (κ1) is 4.45. The van der Waals surface area contributed by atoms with Crippen LogP contribution in [0.4, 0.5) is 0 Å². The lowest BCUT2D eigenvalue weighted by molar-refractivity contribution is 1.70. The Bertz CT molecular complexity index is 196. The minimum atomic E-state index is 1.14. The second-order valence-corrected chi connectivity index (χ2v) is 2.81. The number of fused-ring (bicyclic) bond motifs is 1. The van der Waals surface area contributed by atoms with E-state index in [1.807, 2.05) is 17.8 Å². The van der Waals surface area contributed by atoms with Crippen molar-refractivity contribution in [2.45, 2.75) is 0 Å². The van der Waals surface area contributed by atoms with E-state index < -0.39 is 0 Å². The summed E-state index contributed by atoms with van der Waals surface area (Å²) in [6.07, 6.45) is 9.47. The topological polar surface area (TPSA) is 0 Å². The fourth-order valence-corrected chi connectivity index (χ4v) is 1.77. The Morgan fingerprint density at radius 1 is 1.62 bits per heavy atom. The van der Waals surface area contributed by atoms with Gasteiger partial charge < -0.3 is 0 Å². The van der Waals surface area contributed by atoms with Gasteiger partial charge in [-0.3, -0.25) is 0 Å². The maximum absolute atomic E-state index is 3.15. The Morgan fingerprint density at radius 3 is 3.50 bits per heavy atom. The summed E-state index contributed by atoms with van der Waals surface area (Å²) >= 11 is 1.86. The van der Waals surface area contributed by atoms with Crippen molar-refractivity contribution in [2.24, 2.45) is 0 Å². The molecule has 2 aliphatic rings. The van der Waals surface area contributed by atoms with Crippen LogP contribution < -0.4 is 0 Å². The summed E-state index contributed by atoms with van der Waals surface area (Å²) in [5.41, 5.74) is 1.37. The van der Waals surface area contributed by atoms with Gasteiger partial charge >= 0.3 is 0 Å². The van der Waals surface area contributed by atoms with Gasteiger partial charge in [0.25, 0.3) is 0 Å². The van der Waals surface area contributed by atoms with E-state index in [2.05, 4.69) is 18.2 Å². The lowest BCUT2D eigenvalue weighted by Gasteiger charge is -1.86. The first-order valence-corrected chi connectivity index (χ1v) is 3.59. The van der Waals surface area contributed by atoms with Gasteiger partial charge in [0.05, 0.1) is 0 Å². The zero-order valence-electron chi connectivity index (χ0n) is 4.35. The van der Waals surface area contributed by atoms with Crippen LogP contribution >= 0.6 is 11.8 Å². The summed E-state index contributed by atoms with van der Waals surface area (Å²) in [4.78, 5) is 1.32. The molecule has 2 rings (SSSR count). The molecule has 0 unspecified atom stereocenters. The van der Waals surface area contributed by atoms with E-state index in [1.165, 1.54) is 10.5 Å². The van der Waals surface area contributed by atoms with Gasteiger partial charge in [0.15, 0.2) is 0 Å². The number of allylic oxidation sites excluding steroid dienone is 4. The van der Waals surface area contributed by atoms with E-state index in [0.29, 0.717) is 0 Å². The number of thioether (sulfide) groups is 1. The molecule has 0 fully saturated rings. The summed E-state index contributed by atoms with van der Waals surface area (Å²) < 4.78 is 0. The van der Waals surface area contributed by atoms with Crippen LogP contribution in [0.2, 0.25) is 0 Å². The van der Waals surface area contributed by atoms with Gasteiger partial charge in [-0.1, -0.05) is 18.2 Å². The van der Waals surface area contributed by atoms with Gasteiger partial charge in [0.1, 0.15) is 0 Å². The smallest absolute Gasteiger partial charge is 0.0224 e. The molecular formula is C7H5S. The Morgan fingerprint density at radius 2 is 2.62 bits per heavy atom. The van der Waals surface area contributed by atoms with Gasteiger partial charge in [-0.05, 0) is 11.6 Å². The quantitative estimate of drug-likeness (QED) is 0.472. The second-order valence-electron chi connectivity index (χ2n) is 1.78. The third kappa shape index (κ3) is 0.480. The van der Waals surface area contributed by atoms with Gasteiger partial charge in [0, 0.05) is 10.7 Å². The maximum atomic E-state index is 3.15. The highest BCUT2D eigenvalue weighted by Gasteiger charge is 2.11. The van der Waals surface area contributed by atoms with E-state index in [4.69, 9.17) is 0 Å². The molecule has 0 N–H and O–H groups in total. The third-order valence-electron chi connectivity index (χ3n) is 1.27. The molecule has 0 aromatic carbocycles. The zero-order chi connectivity index (χ0) is 5.40. The Balaban J connectivity index is 2.49. The lowest BCUT2D eigenvalue weighted by Crippen LogP contribution is -1.63. The normalized spacial score (nSPS) is 23.0. The molecule has 0 saturated carbocycles. The van der Waals surface area contributed by atoms with Crippen molar-refractivity contribution in [3.05, 3.63) is 34.8 Å². The van der Waals surface area contributed by atoms with Crippen molar-refractivity contribution in [3.63, 3.8) is 0 Å². The molecule has 39 valence electrons. The van der Waals surface area contributed by atoms with Crippen molar-refractivity contribution in [2.75, 3.05) is 5.75 Å². The zero-order valence-corrected chi connectivity index (χ0v) is 5.16. The van der Waals surface area contributed by atoms with Crippen LogP contribution in [0.15, 0.2) is 28.7 Å². The molecule has 1 aliphatic carbocycles. The Hall–Kier alpha value is -0.430. The maximum Gasteiger partial charge on any atom is 0.0224 e. The van der Waals surface area contributed by atoms with E-state index in [0.717, 1.165) is 5.75 Å². The van der Waals surface area contributed by atoms with E-state index in [9.17, 15) is 0 Å². The molecule has 1 radical (unpaired) electrons. The van der Waals surface area contributed by atoms with Gasteiger partial charge in [-0.2, -0.15) is 0 Å². The highest BCUT2D eigenvalue weighted by molar-refractivity contribution is 8.03. The van der Waals surface area contributed by atoms with Crippen LogP contribution in [-0.4, -0.2) is 5.75 Å². The summed E-state index contributed by atoms with van der Waals surface area (Å²) in [6, 6.07) is 0. The average Bonchev–Trinajstić information content (AvgIpc) is 2.15. The van der Waals surface area contributed by atoms with Crippen molar-refractivity contribution in [1.29, 1.82) is 0 Å².